The van der Waals surface area contributed by atoms with E-state index in [1.165, 1.54) is 27.9 Å². The minimum atomic E-state index is -3.86. The summed E-state index contributed by atoms with van der Waals surface area (Å²) in [5.41, 5.74) is 8.73. The van der Waals surface area contributed by atoms with Crippen LogP contribution in [0.4, 0.5) is 8.78 Å². The summed E-state index contributed by atoms with van der Waals surface area (Å²) in [5, 5.41) is 16.6. The van der Waals surface area contributed by atoms with Crippen molar-refractivity contribution in [3.05, 3.63) is 71.6 Å². The molecular formula is C56H71F2N7O10. The molecule has 3 aromatic rings. The molecule has 75 heavy (non-hydrogen) atoms. The van der Waals surface area contributed by atoms with Gasteiger partial charge in [-0.25, -0.2) is 5.43 Å². The third-order valence-electron chi connectivity index (χ3n) is 14.3. The highest BCUT2D eigenvalue weighted by molar-refractivity contribution is 5.97. The second-order valence-electron chi connectivity index (χ2n) is 20.9. The van der Waals surface area contributed by atoms with Crippen LogP contribution in [-0.4, -0.2) is 150 Å². The molecule has 1 unspecified atom stereocenters. The molecule has 0 saturated carbocycles. The number of carbonyl (C=O) groups excluding carboxylic acids is 5. The number of halogens is 2. The van der Waals surface area contributed by atoms with E-state index >= 15 is 0 Å². The van der Waals surface area contributed by atoms with Crippen molar-refractivity contribution in [1.29, 1.82) is 0 Å². The number of esters is 1. The average Bonchev–Trinajstić information content (AvgIpc) is 3.97. The van der Waals surface area contributed by atoms with Crippen molar-refractivity contribution in [2.24, 2.45) is 22.2 Å². The highest BCUT2D eigenvalue weighted by atomic mass is 19.3. The maximum Gasteiger partial charge on any atom is 0.424 e. The third kappa shape index (κ3) is 12.8. The van der Waals surface area contributed by atoms with Crippen LogP contribution in [0, 0.1) is 29.1 Å². The monoisotopic (exact) mass is 1040 g/mol. The lowest BCUT2D eigenvalue weighted by Crippen LogP contribution is -2.62. The topological polar surface area (TPSA) is 194 Å². The number of hydrazine groups is 1. The Bertz CT molecular complexity index is 2810. The number of aliphatic imine (C=N–C) groups is 1. The van der Waals surface area contributed by atoms with Crippen molar-refractivity contribution in [3.8, 4) is 28.7 Å². The Morgan fingerprint density at radius 3 is 2.51 bits per heavy atom. The van der Waals surface area contributed by atoms with Gasteiger partial charge in [0.15, 0.2) is 0 Å². The quantitative estimate of drug-likeness (QED) is 0.0782. The minimum Gasteiger partial charge on any atom is -0.508 e. The molecule has 4 aliphatic rings. The number of fused-ring (bicyclic) bond motifs is 6. The molecule has 1 aromatic heterocycles. The van der Waals surface area contributed by atoms with Crippen molar-refractivity contribution in [2.45, 2.75) is 124 Å². The van der Waals surface area contributed by atoms with Crippen LogP contribution in [0.1, 0.15) is 84.5 Å². The molecule has 2 aromatic carbocycles. The van der Waals surface area contributed by atoms with Crippen LogP contribution >= 0.6 is 0 Å². The summed E-state index contributed by atoms with van der Waals surface area (Å²) in [6.45, 7) is 18.5. The average molecular weight is 1040 g/mol. The number of ether oxygens (including phenoxy) is 4. The number of amides is 4. The number of alkyl halides is 2. The minimum absolute atomic E-state index is 0.00468. The number of methoxy groups -OCH3 is 1. The van der Waals surface area contributed by atoms with Gasteiger partial charge in [0.05, 0.1) is 43.2 Å². The number of benzene rings is 2. The largest absolute Gasteiger partial charge is 0.508 e. The van der Waals surface area contributed by atoms with E-state index in [-0.39, 0.29) is 64.2 Å². The van der Waals surface area contributed by atoms with E-state index in [1.54, 1.807) is 45.2 Å². The van der Waals surface area contributed by atoms with Crippen LogP contribution in [0.3, 0.4) is 0 Å². The summed E-state index contributed by atoms with van der Waals surface area (Å²) >= 11 is 0. The first kappa shape index (κ1) is 56.3. The van der Waals surface area contributed by atoms with Gasteiger partial charge in [-0.2, -0.15) is 8.78 Å². The molecule has 5 heterocycles. The van der Waals surface area contributed by atoms with Crippen molar-refractivity contribution < 1.29 is 56.8 Å². The molecule has 17 nitrogen and oxygen atoms in total. The normalized spacial score (nSPS) is 21.6. The first-order chi connectivity index (χ1) is 35.6. The van der Waals surface area contributed by atoms with E-state index in [0.717, 1.165) is 33.3 Å². The zero-order valence-electron chi connectivity index (χ0n) is 44.5. The Labute approximate surface area is 437 Å². The fourth-order valence-electron chi connectivity index (χ4n) is 10.5. The Morgan fingerprint density at radius 1 is 1.11 bits per heavy atom. The van der Waals surface area contributed by atoms with Crippen molar-refractivity contribution in [1.82, 2.24) is 30.1 Å². The fraction of sp³-hybridized carbons (Fsp3) is 0.536. The molecule has 6 bridgehead atoms. The molecule has 3 saturated heterocycles. The lowest BCUT2D eigenvalue weighted by Gasteiger charge is -2.37. The van der Waals surface area contributed by atoms with E-state index < -0.39 is 77.2 Å². The number of aryl methyl sites for hydroxylation is 1. The molecule has 0 spiro atoms. The molecule has 19 heteroatoms. The summed E-state index contributed by atoms with van der Waals surface area (Å²) in [6, 6.07) is 7.89. The summed E-state index contributed by atoms with van der Waals surface area (Å²) in [6.07, 6.45) is -0.111. The predicted molar refractivity (Wildman–Crippen MR) is 279 cm³/mol. The lowest BCUT2D eigenvalue weighted by molar-refractivity contribution is -0.268. The fourth-order valence-corrected chi connectivity index (χ4v) is 10.5. The Kier molecular flexibility index (Phi) is 17.7. The number of phenols is 1. The second kappa shape index (κ2) is 23.6. The maximum absolute atomic E-state index is 14.8. The number of cyclic esters (lactones) is 1. The smallest absolute Gasteiger partial charge is 0.424 e. The number of hydrogen-bond donors (Lipinski definition) is 3. The highest BCUT2D eigenvalue weighted by Gasteiger charge is 2.41. The summed E-state index contributed by atoms with van der Waals surface area (Å²) in [5.74, 6) is -0.833. The molecule has 3 fully saturated rings. The van der Waals surface area contributed by atoms with Crippen molar-refractivity contribution >= 4 is 52.3 Å². The van der Waals surface area contributed by atoms with Gasteiger partial charge in [-0.3, -0.25) is 34.0 Å². The number of hydrogen-bond acceptors (Lipinski definition) is 12. The number of likely N-dealkylation sites (tertiary alicyclic amines) is 1. The van der Waals surface area contributed by atoms with Crippen LogP contribution in [0.15, 0.2) is 59.7 Å². The first-order valence-corrected chi connectivity index (χ1v) is 25.7. The predicted octanol–water partition coefficient (Wildman–Crippen LogP) is 6.05. The number of likely N-dealkylation sites (N-methyl/N-ethyl adjacent to an activating group) is 1. The van der Waals surface area contributed by atoms with Crippen LogP contribution in [0.25, 0.3) is 27.6 Å². The number of aromatic hydroxyl groups is 1. The van der Waals surface area contributed by atoms with E-state index in [1.807, 2.05) is 51.8 Å². The molecule has 404 valence electrons. The van der Waals surface area contributed by atoms with Crippen LogP contribution in [0.5, 0.6) is 5.75 Å². The van der Waals surface area contributed by atoms with E-state index in [9.17, 15) is 37.9 Å². The summed E-state index contributed by atoms with van der Waals surface area (Å²) in [4.78, 5) is 77.8. The molecule has 0 radical (unpaired) electrons. The van der Waals surface area contributed by atoms with Gasteiger partial charge in [0.25, 0.3) is 11.8 Å². The summed E-state index contributed by atoms with van der Waals surface area (Å²) in [7, 11) is 3.11. The maximum atomic E-state index is 14.8. The molecule has 3 N–H and O–H groups in total. The van der Waals surface area contributed by atoms with Gasteiger partial charge in [-0.05, 0) is 98.9 Å². The van der Waals surface area contributed by atoms with E-state index in [2.05, 4.69) is 39.6 Å². The van der Waals surface area contributed by atoms with Crippen LogP contribution in [-0.2, 0) is 62.3 Å². The van der Waals surface area contributed by atoms with Gasteiger partial charge in [-0.1, -0.05) is 52.5 Å². The highest BCUT2D eigenvalue weighted by Crippen LogP contribution is 2.41. The molecule has 0 aliphatic carbocycles. The Balaban J connectivity index is 1.23. The van der Waals surface area contributed by atoms with E-state index in [4.69, 9.17) is 19.2 Å². The van der Waals surface area contributed by atoms with E-state index in [0.29, 0.717) is 42.6 Å². The van der Waals surface area contributed by atoms with Gasteiger partial charge >= 0.3 is 12.1 Å². The molecule has 5 atom stereocenters. The number of allylic oxidation sites excluding steroid dienone is 2. The number of carbonyl (C=O) groups is 5. The lowest BCUT2D eigenvalue weighted by atomic mass is 9.84. The second-order valence-corrected chi connectivity index (χ2v) is 20.9. The Morgan fingerprint density at radius 2 is 1.85 bits per heavy atom. The summed E-state index contributed by atoms with van der Waals surface area (Å²) < 4.78 is 52.1. The molecule has 4 amide bonds. The van der Waals surface area contributed by atoms with Crippen molar-refractivity contribution in [2.75, 3.05) is 53.6 Å². The van der Waals surface area contributed by atoms with Crippen molar-refractivity contribution in [3.63, 3.8) is 0 Å². The van der Waals surface area contributed by atoms with Crippen LogP contribution in [0.2, 0.25) is 0 Å². The molecule has 4 aliphatic heterocycles. The number of rotatable bonds is 13. The zero-order valence-corrected chi connectivity index (χ0v) is 44.5. The first-order valence-electron chi connectivity index (χ1n) is 25.7. The number of nitrogens with one attached hydrogen (secondary N) is 2. The zero-order chi connectivity index (χ0) is 54.5. The SMILES string of the molecule is C=C/C(=C(\N=CC)[C@H](C)OC)c1c2c3cc(ccc3n1CC)-c1cc(O)cc(c1)C[C@H](NC(=O)[C@H](C(C)C)N(C)C(=O)C1CCN(C(=O)C#CC(F)(F)OC3COC3)C1)C(=O)N1CCC[C@H](N1)C(=O)OCC(C)(C)C2. The molecule has 7 rings (SSSR count). The van der Waals surface area contributed by atoms with Gasteiger partial charge in [-0.15, -0.1) is 0 Å². The number of aromatic nitrogens is 1. The third-order valence-corrected chi connectivity index (χ3v) is 14.3. The number of nitrogens with zero attached hydrogens (tertiary/aromatic N) is 5. The standard InChI is InChI=1S/C56H71F2N7O10/c1-11-41(48(59-12-2)34(6)72-10)50-43-28-55(7,8)32-74-54(71)44-15-14-21-65(61-44)53(70)45(25-35-23-38(26-39(66)24-35)36-16-17-46(42(43)27-36)64(50)13-3)60-51(68)49(33(4)5)62(9)52(69)37-19-22-63(29-37)47(67)18-20-56(57,58)75-40-30-73-31-40/h11-12,16-17,23-24,26-27,33-34,37,40,44-45,49,61,66H,1,13-15,19,21-22,25,28-32H2,2-10H3,(H,60,68)/b48-41+,59-12?/t34-,37?,44-,45-,49-/m0/s1. The van der Waals surface area contributed by atoms with Gasteiger partial charge in [0.1, 0.15) is 30.0 Å². The molecular weight excluding hydrogens is 969 g/mol. The number of phenolic OH excluding ortho intramolecular Hbond substituents is 1. The Hall–Kier alpha value is -6.46. The van der Waals surface area contributed by atoms with Gasteiger partial charge in [0, 0.05) is 86.7 Å². The van der Waals surface area contributed by atoms with Gasteiger partial charge in [0.2, 0.25) is 11.8 Å². The van der Waals surface area contributed by atoms with Gasteiger partial charge < -0.3 is 43.7 Å². The van der Waals surface area contributed by atoms with Crippen LogP contribution < -0.4 is 10.7 Å².